The van der Waals surface area contributed by atoms with Gasteiger partial charge in [-0.15, -0.1) is 0 Å². The van der Waals surface area contributed by atoms with E-state index in [4.69, 9.17) is 9.47 Å². The Labute approximate surface area is 149 Å². The first-order valence-electron chi connectivity index (χ1n) is 8.68. The Morgan fingerprint density at radius 1 is 1.20 bits per heavy atom. The third kappa shape index (κ3) is 4.71. The molecule has 2 heterocycles. The topological polar surface area (TPSA) is 54.8 Å². The summed E-state index contributed by atoms with van der Waals surface area (Å²) in [5, 5.41) is 9.95. The number of ether oxygens (including phenoxy) is 2. The molecule has 0 spiro atoms. The number of benzene rings is 1. The van der Waals surface area contributed by atoms with Gasteiger partial charge in [0.1, 0.15) is 12.4 Å². The van der Waals surface area contributed by atoms with E-state index in [1.165, 1.54) is 5.56 Å². The fourth-order valence-corrected chi connectivity index (χ4v) is 2.82. The van der Waals surface area contributed by atoms with E-state index in [0.29, 0.717) is 19.1 Å². The molecule has 25 heavy (non-hydrogen) atoms. The molecule has 1 N–H and O–H groups in total. The van der Waals surface area contributed by atoms with Gasteiger partial charge in [-0.25, -0.2) is 0 Å². The molecule has 2 aromatic rings. The van der Waals surface area contributed by atoms with Gasteiger partial charge in [0.05, 0.1) is 18.8 Å². The van der Waals surface area contributed by atoms with Gasteiger partial charge in [-0.05, 0) is 43.5 Å². The van der Waals surface area contributed by atoms with Crippen molar-refractivity contribution >= 4 is 5.82 Å². The second-order valence-corrected chi connectivity index (χ2v) is 7.07. The smallest absolute Gasteiger partial charge is 0.215 e. The minimum absolute atomic E-state index is 0.194. The highest BCUT2D eigenvalue weighted by Crippen LogP contribution is 2.30. The summed E-state index contributed by atoms with van der Waals surface area (Å²) in [4.78, 5) is 6.86. The monoisotopic (exact) mass is 342 g/mol. The van der Waals surface area contributed by atoms with Crippen LogP contribution in [-0.4, -0.2) is 48.6 Å². The Kier molecular flexibility index (Phi) is 5.25. The Morgan fingerprint density at radius 2 is 1.92 bits per heavy atom. The lowest BCUT2D eigenvalue weighted by molar-refractivity contribution is 0.0268. The molecule has 0 atom stereocenters. The van der Waals surface area contributed by atoms with Crippen molar-refractivity contribution in [2.45, 2.75) is 26.4 Å². The zero-order chi connectivity index (χ0) is 17.9. The number of nitrogens with zero attached hydrogens (tertiary/aromatic N) is 2. The van der Waals surface area contributed by atoms with Gasteiger partial charge in [-0.1, -0.05) is 24.3 Å². The molecule has 1 aliphatic heterocycles. The molecule has 0 unspecified atom stereocenters. The van der Waals surface area contributed by atoms with Gasteiger partial charge in [-0.2, -0.15) is 4.98 Å². The van der Waals surface area contributed by atoms with E-state index in [9.17, 15) is 5.11 Å². The number of aliphatic hydroxyl groups is 1. The zero-order valence-electron chi connectivity index (χ0n) is 15.2. The molecule has 0 aliphatic carbocycles. The van der Waals surface area contributed by atoms with Crippen LogP contribution in [0, 0.1) is 6.92 Å². The van der Waals surface area contributed by atoms with Crippen LogP contribution in [0.1, 0.15) is 19.4 Å². The fourth-order valence-electron chi connectivity index (χ4n) is 2.82. The van der Waals surface area contributed by atoms with Crippen molar-refractivity contribution < 1.29 is 14.6 Å². The molecule has 1 aromatic carbocycles. The number of pyridine rings is 1. The first-order chi connectivity index (χ1) is 11.9. The maximum Gasteiger partial charge on any atom is 0.215 e. The lowest BCUT2D eigenvalue weighted by atomic mass is 10.0. The van der Waals surface area contributed by atoms with Gasteiger partial charge in [0.25, 0.3) is 0 Å². The minimum Gasteiger partial charge on any atom is -0.475 e. The number of anilines is 1. The molecule has 5 heteroatoms. The predicted molar refractivity (Wildman–Crippen MR) is 99.2 cm³/mol. The highest BCUT2D eigenvalue weighted by molar-refractivity contribution is 5.71. The van der Waals surface area contributed by atoms with Crippen LogP contribution in [-0.2, 0) is 4.74 Å². The molecule has 1 fully saturated rings. The summed E-state index contributed by atoms with van der Waals surface area (Å²) in [5.74, 6) is 1.42. The van der Waals surface area contributed by atoms with Crippen LogP contribution in [0.5, 0.6) is 5.88 Å². The van der Waals surface area contributed by atoms with Crippen LogP contribution < -0.4 is 9.64 Å². The largest absolute Gasteiger partial charge is 0.475 e. The van der Waals surface area contributed by atoms with Crippen molar-refractivity contribution in [2.24, 2.45) is 0 Å². The highest BCUT2D eigenvalue weighted by atomic mass is 16.5. The molecule has 0 amide bonds. The normalized spacial score (nSPS) is 15.3. The van der Waals surface area contributed by atoms with E-state index in [1.807, 2.05) is 18.2 Å². The van der Waals surface area contributed by atoms with Crippen LogP contribution >= 0.6 is 0 Å². The molecule has 0 radical (unpaired) electrons. The Balaban J connectivity index is 1.97. The zero-order valence-corrected chi connectivity index (χ0v) is 15.2. The molecule has 0 saturated carbocycles. The average Bonchev–Trinajstić information content (AvgIpc) is 2.60. The molecule has 3 rings (SSSR count). The Morgan fingerprint density at radius 3 is 2.60 bits per heavy atom. The van der Waals surface area contributed by atoms with Gasteiger partial charge in [0.15, 0.2) is 0 Å². The SMILES string of the molecule is Cc1ccccc1-c1cc(OCC(C)(C)O)nc(N2CCOCC2)c1. The molecular weight excluding hydrogens is 316 g/mol. The summed E-state index contributed by atoms with van der Waals surface area (Å²) in [6.07, 6.45) is 0. The lowest BCUT2D eigenvalue weighted by Gasteiger charge is -2.28. The number of aryl methyl sites for hydroxylation is 1. The maximum atomic E-state index is 9.95. The molecule has 5 nitrogen and oxygen atoms in total. The van der Waals surface area contributed by atoms with Gasteiger partial charge in [0.2, 0.25) is 5.88 Å². The van der Waals surface area contributed by atoms with Crippen LogP contribution in [0.3, 0.4) is 0 Å². The van der Waals surface area contributed by atoms with Crippen molar-refractivity contribution in [1.82, 2.24) is 4.98 Å². The van der Waals surface area contributed by atoms with Crippen LogP contribution in [0.4, 0.5) is 5.82 Å². The highest BCUT2D eigenvalue weighted by Gasteiger charge is 2.18. The summed E-state index contributed by atoms with van der Waals surface area (Å²) in [7, 11) is 0. The van der Waals surface area contributed by atoms with E-state index in [0.717, 1.165) is 30.0 Å². The summed E-state index contributed by atoms with van der Waals surface area (Å²) in [6.45, 7) is 8.78. The van der Waals surface area contributed by atoms with Gasteiger partial charge in [0, 0.05) is 19.2 Å². The van der Waals surface area contributed by atoms with Gasteiger partial charge >= 0.3 is 0 Å². The molecule has 1 aromatic heterocycles. The molecule has 134 valence electrons. The maximum absolute atomic E-state index is 9.95. The van der Waals surface area contributed by atoms with Crippen molar-refractivity contribution in [3.05, 3.63) is 42.0 Å². The number of hydrogen-bond acceptors (Lipinski definition) is 5. The van der Waals surface area contributed by atoms with Crippen LogP contribution in [0.15, 0.2) is 36.4 Å². The van der Waals surface area contributed by atoms with E-state index >= 15 is 0 Å². The minimum atomic E-state index is -0.903. The number of aromatic nitrogens is 1. The van der Waals surface area contributed by atoms with E-state index in [1.54, 1.807) is 13.8 Å². The second kappa shape index (κ2) is 7.42. The van der Waals surface area contributed by atoms with Crippen molar-refractivity contribution in [3.63, 3.8) is 0 Å². The van der Waals surface area contributed by atoms with E-state index < -0.39 is 5.60 Å². The fraction of sp³-hybridized carbons (Fsp3) is 0.450. The quantitative estimate of drug-likeness (QED) is 0.905. The number of hydrogen-bond donors (Lipinski definition) is 1. The summed E-state index contributed by atoms with van der Waals surface area (Å²) >= 11 is 0. The van der Waals surface area contributed by atoms with Crippen molar-refractivity contribution in [3.8, 4) is 17.0 Å². The average molecular weight is 342 g/mol. The first-order valence-corrected chi connectivity index (χ1v) is 8.68. The van der Waals surface area contributed by atoms with Crippen LogP contribution in [0.25, 0.3) is 11.1 Å². The van der Waals surface area contributed by atoms with Crippen molar-refractivity contribution in [1.29, 1.82) is 0 Å². The van der Waals surface area contributed by atoms with Gasteiger partial charge < -0.3 is 19.5 Å². The molecule has 1 saturated heterocycles. The summed E-state index contributed by atoms with van der Waals surface area (Å²) in [5.41, 5.74) is 2.53. The standard InChI is InChI=1S/C20H26N2O3/c1-15-6-4-5-7-17(15)16-12-18(22-8-10-24-11-9-22)21-19(13-16)25-14-20(2,3)23/h4-7,12-13,23H,8-11,14H2,1-3H3. The second-order valence-electron chi connectivity index (χ2n) is 7.07. The molecule has 1 aliphatic rings. The summed E-state index contributed by atoms with van der Waals surface area (Å²) < 4.78 is 11.2. The van der Waals surface area contributed by atoms with Crippen molar-refractivity contribution in [2.75, 3.05) is 37.8 Å². The van der Waals surface area contributed by atoms with E-state index in [2.05, 4.69) is 35.0 Å². The third-order valence-electron chi connectivity index (χ3n) is 4.15. The number of rotatable bonds is 5. The Bertz CT molecular complexity index is 719. The third-order valence-corrected chi connectivity index (χ3v) is 4.15. The molecular formula is C20H26N2O3. The first kappa shape index (κ1) is 17.7. The lowest BCUT2D eigenvalue weighted by Crippen LogP contribution is -2.36. The predicted octanol–water partition coefficient (Wildman–Crippen LogP) is 3.04. The van der Waals surface area contributed by atoms with Gasteiger partial charge in [-0.3, -0.25) is 0 Å². The Hall–Kier alpha value is -2.11. The number of morpholine rings is 1. The molecule has 0 bridgehead atoms. The summed E-state index contributed by atoms with van der Waals surface area (Å²) in [6, 6.07) is 12.3. The van der Waals surface area contributed by atoms with E-state index in [-0.39, 0.29) is 6.61 Å². The van der Waals surface area contributed by atoms with Crippen LogP contribution in [0.2, 0.25) is 0 Å².